The lowest BCUT2D eigenvalue weighted by molar-refractivity contribution is -0.870. The molecule has 0 bridgehead atoms. The SMILES string of the molecule is CCCC/C=C/CCCCCCCCCCCC(=O)OC[C@H](COP(=O)([O-])OCC[N+](C)(C)C)OC(=O)CCC/C=C/C/C=C/C/C=C/CCCCCCCC. The Balaban J connectivity index is 4.44. The molecule has 1 unspecified atom stereocenters. The van der Waals surface area contributed by atoms with Crippen molar-refractivity contribution in [3.63, 3.8) is 0 Å². The van der Waals surface area contributed by atoms with Crippen LogP contribution in [0.1, 0.15) is 181 Å². The maximum atomic E-state index is 12.7. The van der Waals surface area contributed by atoms with E-state index < -0.39 is 32.5 Å². The zero-order chi connectivity index (χ0) is 41.4. The normalized spacial score (nSPS) is 14.0. The summed E-state index contributed by atoms with van der Waals surface area (Å²) in [6, 6.07) is 0. The number of allylic oxidation sites excluding steroid dienone is 8. The van der Waals surface area contributed by atoms with Crippen LogP contribution in [0.3, 0.4) is 0 Å². The largest absolute Gasteiger partial charge is 0.756 e. The summed E-state index contributed by atoms with van der Waals surface area (Å²) in [6.07, 6.45) is 44.3. The van der Waals surface area contributed by atoms with Gasteiger partial charge >= 0.3 is 11.9 Å². The van der Waals surface area contributed by atoms with Crippen molar-refractivity contribution in [3.05, 3.63) is 48.6 Å². The number of unbranched alkanes of at least 4 members (excludes halogenated alkanes) is 18. The fourth-order valence-electron chi connectivity index (χ4n) is 5.77. The number of carbonyl (C=O) groups excluding carboxylic acids is 2. The van der Waals surface area contributed by atoms with Gasteiger partial charge in [-0.05, 0) is 64.2 Å². The van der Waals surface area contributed by atoms with Crippen molar-refractivity contribution < 1.29 is 42.1 Å². The molecule has 0 N–H and O–H groups in total. The summed E-state index contributed by atoms with van der Waals surface area (Å²) in [5, 5.41) is 0. The summed E-state index contributed by atoms with van der Waals surface area (Å²) < 4.78 is 33.8. The number of esters is 2. The molecular weight excluding hydrogens is 725 g/mol. The number of carbonyl (C=O) groups is 2. The second kappa shape index (κ2) is 38.5. The van der Waals surface area contributed by atoms with Gasteiger partial charge in [0.1, 0.15) is 19.8 Å². The Kier molecular flexibility index (Phi) is 37.1. The summed E-state index contributed by atoms with van der Waals surface area (Å²) in [5.74, 6) is -0.899. The zero-order valence-electron chi connectivity index (χ0n) is 36.6. The van der Waals surface area contributed by atoms with Gasteiger partial charge in [-0.25, -0.2) is 0 Å². The van der Waals surface area contributed by atoms with Gasteiger partial charge in [0, 0.05) is 12.8 Å². The predicted octanol–water partition coefficient (Wildman–Crippen LogP) is 12.1. The van der Waals surface area contributed by atoms with Crippen LogP contribution in [0.4, 0.5) is 0 Å². The van der Waals surface area contributed by atoms with Crippen LogP contribution in [-0.2, 0) is 32.7 Å². The lowest BCUT2D eigenvalue weighted by atomic mass is 10.1. The summed E-state index contributed by atoms with van der Waals surface area (Å²) in [7, 11) is 1.13. The molecule has 2 atom stereocenters. The zero-order valence-corrected chi connectivity index (χ0v) is 37.5. The molecule has 0 radical (unpaired) electrons. The predicted molar refractivity (Wildman–Crippen MR) is 231 cm³/mol. The fraction of sp³-hybridized carbons (Fsp3) is 0.783. The molecule has 10 heteroatoms. The third-order valence-electron chi connectivity index (χ3n) is 9.32. The third-order valence-corrected chi connectivity index (χ3v) is 10.3. The Morgan fingerprint density at radius 2 is 1.00 bits per heavy atom. The van der Waals surface area contributed by atoms with E-state index in [2.05, 4.69) is 56.4 Å². The highest BCUT2D eigenvalue weighted by molar-refractivity contribution is 7.45. The average molecular weight is 810 g/mol. The lowest BCUT2D eigenvalue weighted by Crippen LogP contribution is -2.37. The molecule has 0 aliphatic heterocycles. The third kappa shape index (κ3) is 41.6. The number of hydrogen-bond acceptors (Lipinski definition) is 8. The standard InChI is InChI=1S/C46H84NO8P/c1-6-8-10-12-14-16-18-20-22-23-25-27-29-31-33-35-37-39-46(49)55-44(43-54-56(50,51)53-41-40-47(3,4)5)42-52-45(48)38-36-34-32-30-28-26-24-21-19-17-15-13-11-9-7-2/h13,15,20,22,25,27,31,33,44H,6-12,14,16-19,21,23-24,26,28-30,32,34-43H2,1-5H3/b15-13+,22-20+,27-25+,33-31+/t44-/m1/s1. The number of hydrogen-bond donors (Lipinski definition) is 0. The molecule has 0 heterocycles. The van der Waals surface area contributed by atoms with Gasteiger partial charge < -0.3 is 27.9 Å². The minimum atomic E-state index is -4.64. The molecular formula is C46H84NO8P. The minimum Gasteiger partial charge on any atom is -0.756 e. The Hall–Kier alpha value is -2.03. The van der Waals surface area contributed by atoms with E-state index in [0.717, 1.165) is 44.9 Å². The van der Waals surface area contributed by atoms with Crippen molar-refractivity contribution in [3.8, 4) is 0 Å². The lowest BCUT2D eigenvalue weighted by Gasteiger charge is -2.28. The molecule has 56 heavy (non-hydrogen) atoms. The second-order valence-corrected chi connectivity index (χ2v) is 17.5. The van der Waals surface area contributed by atoms with Gasteiger partial charge in [0.25, 0.3) is 7.82 Å². The van der Waals surface area contributed by atoms with Crippen LogP contribution < -0.4 is 4.89 Å². The molecule has 0 saturated heterocycles. The maximum absolute atomic E-state index is 12.7. The van der Waals surface area contributed by atoms with Crippen molar-refractivity contribution in [2.24, 2.45) is 0 Å². The molecule has 0 aliphatic rings. The highest BCUT2D eigenvalue weighted by Crippen LogP contribution is 2.38. The molecule has 9 nitrogen and oxygen atoms in total. The number of phosphoric ester groups is 1. The molecule has 0 aromatic rings. The number of nitrogens with zero attached hydrogens (tertiary/aromatic N) is 1. The quantitative estimate of drug-likeness (QED) is 0.0198. The van der Waals surface area contributed by atoms with Crippen LogP contribution in [0.2, 0.25) is 0 Å². The number of ether oxygens (including phenoxy) is 2. The highest BCUT2D eigenvalue weighted by atomic mass is 31.2. The molecule has 0 aromatic carbocycles. The van der Waals surface area contributed by atoms with E-state index in [4.69, 9.17) is 18.5 Å². The van der Waals surface area contributed by atoms with Crippen LogP contribution in [0.15, 0.2) is 48.6 Å². The fourth-order valence-corrected chi connectivity index (χ4v) is 6.50. The van der Waals surface area contributed by atoms with Crippen molar-refractivity contribution in [1.29, 1.82) is 0 Å². The van der Waals surface area contributed by atoms with Crippen molar-refractivity contribution >= 4 is 19.8 Å². The molecule has 0 spiro atoms. The molecule has 0 aliphatic carbocycles. The van der Waals surface area contributed by atoms with E-state index in [0.29, 0.717) is 23.9 Å². The Morgan fingerprint density at radius 1 is 0.554 bits per heavy atom. The number of rotatable bonds is 40. The minimum absolute atomic E-state index is 0.0412. The van der Waals surface area contributed by atoms with Crippen LogP contribution in [0.25, 0.3) is 0 Å². The van der Waals surface area contributed by atoms with E-state index in [-0.39, 0.29) is 26.1 Å². The van der Waals surface area contributed by atoms with Crippen molar-refractivity contribution in [2.75, 3.05) is 47.5 Å². The molecule has 0 fully saturated rings. The molecule has 0 saturated carbocycles. The van der Waals surface area contributed by atoms with Crippen LogP contribution in [-0.4, -0.2) is 70.0 Å². The van der Waals surface area contributed by atoms with E-state index in [1.807, 2.05) is 27.2 Å². The van der Waals surface area contributed by atoms with Crippen molar-refractivity contribution in [2.45, 2.75) is 187 Å². The maximum Gasteiger partial charge on any atom is 0.306 e. The first-order valence-corrected chi connectivity index (χ1v) is 23.8. The Bertz CT molecular complexity index is 1100. The first kappa shape index (κ1) is 54.0. The summed E-state index contributed by atoms with van der Waals surface area (Å²) in [6.45, 7) is 4.13. The molecule has 0 aromatic heterocycles. The van der Waals surface area contributed by atoms with Crippen LogP contribution >= 0.6 is 7.82 Å². The van der Waals surface area contributed by atoms with E-state index in [9.17, 15) is 19.0 Å². The van der Waals surface area contributed by atoms with E-state index in [1.54, 1.807) is 0 Å². The van der Waals surface area contributed by atoms with E-state index >= 15 is 0 Å². The van der Waals surface area contributed by atoms with Gasteiger partial charge in [0.15, 0.2) is 6.10 Å². The van der Waals surface area contributed by atoms with E-state index in [1.165, 1.54) is 96.3 Å². The van der Waals surface area contributed by atoms with Crippen molar-refractivity contribution in [1.82, 2.24) is 0 Å². The topological polar surface area (TPSA) is 111 Å². The summed E-state index contributed by atoms with van der Waals surface area (Å²) >= 11 is 0. The first-order valence-electron chi connectivity index (χ1n) is 22.3. The smallest absolute Gasteiger partial charge is 0.306 e. The summed E-state index contributed by atoms with van der Waals surface area (Å²) in [4.78, 5) is 37.5. The summed E-state index contributed by atoms with van der Waals surface area (Å²) in [5.41, 5.74) is 0. The van der Waals surface area contributed by atoms with Gasteiger partial charge in [0.05, 0.1) is 27.7 Å². The Morgan fingerprint density at radius 3 is 1.55 bits per heavy atom. The first-order chi connectivity index (χ1) is 27.0. The number of phosphoric acid groups is 1. The molecule has 0 amide bonds. The van der Waals surface area contributed by atoms with Gasteiger partial charge in [0.2, 0.25) is 0 Å². The monoisotopic (exact) mass is 810 g/mol. The van der Waals surface area contributed by atoms with Gasteiger partial charge in [-0.1, -0.05) is 152 Å². The second-order valence-electron chi connectivity index (χ2n) is 16.1. The van der Waals surface area contributed by atoms with Crippen LogP contribution in [0.5, 0.6) is 0 Å². The number of likely N-dealkylation sites (N-methyl/N-ethyl adjacent to an activating group) is 1. The van der Waals surface area contributed by atoms with Crippen LogP contribution in [0, 0.1) is 0 Å². The highest BCUT2D eigenvalue weighted by Gasteiger charge is 2.21. The Labute approximate surface area is 343 Å². The average Bonchev–Trinajstić information content (AvgIpc) is 3.15. The number of quaternary nitrogens is 1. The molecule has 0 rings (SSSR count). The molecule has 326 valence electrons. The van der Waals surface area contributed by atoms with Gasteiger partial charge in [-0.2, -0.15) is 0 Å². The van der Waals surface area contributed by atoms with Gasteiger partial charge in [-0.15, -0.1) is 0 Å². The van der Waals surface area contributed by atoms with Gasteiger partial charge in [-0.3, -0.25) is 14.2 Å².